The number of methoxy groups -OCH3 is 2. The molecule has 180 valence electrons. The predicted molar refractivity (Wildman–Crippen MR) is 135 cm³/mol. The zero-order valence-corrected chi connectivity index (χ0v) is 20.4. The Morgan fingerprint density at radius 2 is 1.91 bits per heavy atom. The van der Waals surface area contributed by atoms with E-state index >= 15 is 0 Å². The number of aryl methyl sites for hydroxylation is 2. The molecule has 0 saturated carbocycles. The van der Waals surface area contributed by atoms with Crippen molar-refractivity contribution in [2.45, 2.75) is 19.9 Å². The lowest BCUT2D eigenvalue weighted by Crippen LogP contribution is -2.34. The molecule has 9 heteroatoms. The number of likely N-dealkylation sites (N-methyl/N-ethyl adjacent to an activating group) is 1. The number of nitrogens with one attached hydrogen (secondary N) is 1. The Hall–Kier alpha value is -4.27. The number of aromatic nitrogens is 4. The van der Waals surface area contributed by atoms with Gasteiger partial charge in [0.1, 0.15) is 18.1 Å². The fraction of sp³-hybridized carbons (Fsp3) is 0.269. The molecule has 1 unspecified atom stereocenters. The Bertz CT molecular complexity index is 1370. The Morgan fingerprint density at radius 1 is 1.06 bits per heavy atom. The van der Waals surface area contributed by atoms with E-state index in [1.165, 1.54) is 5.56 Å². The van der Waals surface area contributed by atoms with E-state index in [0.717, 1.165) is 34.2 Å². The lowest BCUT2D eigenvalue weighted by atomic mass is 9.99. The minimum atomic E-state index is 0.0224. The van der Waals surface area contributed by atoms with Crippen LogP contribution in [0, 0.1) is 13.8 Å². The molecule has 4 aromatic rings. The molecule has 0 fully saturated rings. The molecule has 1 aliphatic rings. The normalized spacial score (nSPS) is 14.8. The average molecular weight is 473 g/mol. The van der Waals surface area contributed by atoms with E-state index in [9.17, 15) is 0 Å². The molecular formula is C26H28N6O3. The minimum absolute atomic E-state index is 0.0224. The van der Waals surface area contributed by atoms with Crippen molar-refractivity contribution in [2.75, 3.05) is 38.1 Å². The molecule has 1 atom stereocenters. The maximum absolute atomic E-state index is 6.03. The van der Waals surface area contributed by atoms with Crippen LogP contribution in [-0.4, -0.2) is 47.4 Å². The van der Waals surface area contributed by atoms with Crippen LogP contribution in [0.15, 0.2) is 55.1 Å². The lowest BCUT2D eigenvalue weighted by Gasteiger charge is -2.35. The number of benzene rings is 2. The summed E-state index contributed by atoms with van der Waals surface area (Å²) in [5, 5.41) is 3.29. The zero-order chi connectivity index (χ0) is 24.5. The van der Waals surface area contributed by atoms with Crippen LogP contribution in [0.2, 0.25) is 0 Å². The van der Waals surface area contributed by atoms with E-state index in [2.05, 4.69) is 33.2 Å². The number of imidazole rings is 1. The second-order valence-corrected chi connectivity index (χ2v) is 8.48. The van der Waals surface area contributed by atoms with Crippen LogP contribution in [0.3, 0.4) is 0 Å². The average Bonchev–Trinajstić information content (AvgIpc) is 3.30. The maximum Gasteiger partial charge on any atom is 0.229 e. The highest BCUT2D eigenvalue weighted by molar-refractivity contribution is 5.64. The number of hydrogen-bond donors (Lipinski definition) is 1. The van der Waals surface area contributed by atoms with Gasteiger partial charge in [0.05, 0.1) is 44.2 Å². The van der Waals surface area contributed by atoms with Gasteiger partial charge in [-0.15, -0.1) is 0 Å². The second-order valence-electron chi connectivity index (χ2n) is 8.48. The molecule has 2 aromatic carbocycles. The molecule has 0 saturated heterocycles. The van der Waals surface area contributed by atoms with E-state index in [-0.39, 0.29) is 6.04 Å². The Balaban J connectivity index is 1.40. The molecule has 0 spiro atoms. The van der Waals surface area contributed by atoms with Gasteiger partial charge in [-0.2, -0.15) is 4.98 Å². The van der Waals surface area contributed by atoms with Gasteiger partial charge in [0.15, 0.2) is 11.6 Å². The number of ether oxygens (including phenoxy) is 3. The van der Waals surface area contributed by atoms with Crippen LogP contribution >= 0.6 is 0 Å². The summed E-state index contributed by atoms with van der Waals surface area (Å²) in [5.74, 6) is 3.40. The monoisotopic (exact) mass is 472 g/mol. The van der Waals surface area contributed by atoms with Gasteiger partial charge in [-0.3, -0.25) is 0 Å². The van der Waals surface area contributed by atoms with Crippen molar-refractivity contribution in [3.8, 4) is 22.9 Å². The van der Waals surface area contributed by atoms with Gasteiger partial charge in [-0.1, -0.05) is 6.07 Å². The Kier molecular flexibility index (Phi) is 5.90. The molecule has 35 heavy (non-hydrogen) atoms. The van der Waals surface area contributed by atoms with Crippen LogP contribution < -0.4 is 24.4 Å². The highest BCUT2D eigenvalue weighted by Gasteiger charge is 2.29. The van der Waals surface area contributed by atoms with Crippen molar-refractivity contribution in [3.63, 3.8) is 0 Å². The van der Waals surface area contributed by atoms with Crippen LogP contribution in [0.5, 0.6) is 17.2 Å². The van der Waals surface area contributed by atoms with Gasteiger partial charge in [-0.25, -0.2) is 9.97 Å². The first kappa shape index (κ1) is 22.5. The molecule has 1 N–H and O–H groups in total. The Morgan fingerprint density at radius 3 is 2.63 bits per heavy atom. The number of hydrogen-bond acceptors (Lipinski definition) is 8. The number of rotatable bonds is 6. The van der Waals surface area contributed by atoms with E-state index in [1.807, 2.05) is 55.1 Å². The largest absolute Gasteiger partial charge is 0.497 e. The summed E-state index contributed by atoms with van der Waals surface area (Å²) in [6.45, 7) is 4.54. The maximum atomic E-state index is 6.03. The Labute approximate surface area is 204 Å². The van der Waals surface area contributed by atoms with E-state index in [1.54, 1.807) is 26.7 Å². The summed E-state index contributed by atoms with van der Waals surface area (Å²) in [7, 11) is 5.35. The highest BCUT2D eigenvalue weighted by Crippen LogP contribution is 2.38. The first-order valence-electron chi connectivity index (χ1n) is 11.3. The molecule has 2 aromatic heterocycles. The molecule has 3 heterocycles. The van der Waals surface area contributed by atoms with Gasteiger partial charge in [0.25, 0.3) is 0 Å². The van der Waals surface area contributed by atoms with E-state index < -0.39 is 0 Å². The fourth-order valence-corrected chi connectivity index (χ4v) is 4.30. The topological polar surface area (TPSA) is 86.6 Å². The molecular weight excluding hydrogens is 444 g/mol. The summed E-state index contributed by atoms with van der Waals surface area (Å²) in [5.41, 5.74) is 4.95. The molecule has 0 radical (unpaired) electrons. The van der Waals surface area contributed by atoms with Crippen LogP contribution in [-0.2, 0) is 0 Å². The summed E-state index contributed by atoms with van der Waals surface area (Å²) in [4.78, 5) is 15.6. The molecule has 0 amide bonds. The third-order valence-electron chi connectivity index (χ3n) is 6.20. The van der Waals surface area contributed by atoms with Crippen LogP contribution in [0.25, 0.3) is 5.69 Å². The second kappa shape index (κ2) is 9.17. The van der Waals surface area contributed by atoms with Gasteiger partial charge < -0.3 is 29.0 Å². The molecule has 0 bridgehead atoms. The van der Waals surface area contributed by atoms with Crippen molar-refractivity contribution >= 4 is 17.5 Å². The fourth-order valence-electron chi connectivity index (χ4n) is 4.30. The number of fused-ring (bicyclic) bond motifs is 1. The molecule has 1 aliphatic heterocycles. The SMILES string of the molecule is COc1ccc(C2COc3cnc(Nc4ccc(-n5cnc(C)c5)c(OC)c4)nc3N2C)c(C)c1. The van der Waals surface area contributed by atoms with Crippen molar-refractivity contribution in [1.29, 1.82) is 0 Å². The predicted octanol–water partition coefficient (Wildman–Crippen LogP) is 4.61. The van der Waals surface area contributed by atoms with Crippen LogP contribution in [0.4, 0.5) is 17.5 Å². The van der Waals surface area contributed by atoms with Crippen LogP contribution in [0.1, 0.15) is 22.9 Å². The molecule has 0 aliphatic carbocycles. The summed E-state index contributed by atoms with van der Waals surface area (Å²) >= 11 is 0. The van der Waals surface area contributed by atoms with Gasteiger partial charge in [0, 0.05) is 25.0 Å². The zero-order valence-electron chi connectivity index (χ0n) is 20.4. The third kappa shape index (κ3) is 4.32. The standard InChI is InChI=1S/C26H28N6O3/c1-16-10-19(33-4)7-8-20(16)22-14-35-24-12-27-26(30-25(24)31(22)3)29-18-6-9-21(23(11-18)34-5)32-13-17(2)28-15-32/h6-13,15,22H,14H2,1-5H3,(H,27,29,30). The van der Waals surface area contributed by atoms with Crippen molar-refractivity contribution in [3.05, 3.63) is 71.9 Å². The summed E-state index contributed by atoms with van der Waals surface area (Å²) in [6.07, 6.45) is 5.43. The van der Waals surface area contributed by atoms with Gasteiger partial charge in [-0.05, 0) is 49.2 Å². The minimum Gasteiger partial charge on any atom is -0.497 e. The molecule has 5 rings (SSSR count). The smallest absolute Gasteiger partial charge is 0.229 e. The number of anilines is 3. The van der Waals surface area contributed by atoms with E-state index in [0.29, 0.717) is 24.1 Å². The highest BCUT2D eigenvalue weighted by atomic mass is 16.5. The van der Waals surface area contributed by atoms with Crippen molar-refractivity contribution in [2.24, 2.45) is 0 Å². The molecule has 9 nitrogen and oxygen atoms in total. The van der Waals surface area contributed by atoms with Crippen molar-refractivity contribution in [1.82, 2.24) is 19.5 Å². The first-order valence-corrected chi connectivity index (χ1v) is 11.3. The lowest BCUT2D eigenvalue weighted by molar-refractivity contribution is 0.264. The quantitative estimate of drug-likeness (QED) is 0.435. The first-order chi connectivity index (χ1) is 17.0. The summed E-state index contributed by atoms with van der Waals surface area (Å²) < 4.78 is 18.9. The third-order valence-corrected chi connectivity index (χ3v) is 6.20. The summed E-state index contributed by atoms with van der Waals surface area (Å²) in [6, 6.07) is 12.0. The van der Waals surface area contributed by atoms with E-state index in [4.69, 9.17) is 19.2 Å². The number of nitrogens with zero attached hydrogens (tertiary/aromatic N) is 5. The van der Waals surface area contributed by atoms with Gasteiger partial charge >= 0.3 is 0 Å². The van der Waals surface area contributed by atoms with Crippen molar-refractivity contribution < 1.29 is 14.2 Å². The van der Waals surface area contributed by atoms with Gasteiger partial charge in [0.2, 0.25) is 5.95 Å².